The van der Waals surface area contributed by atoms with E-state index < -0.39 is 0 Å². The molecule has 0 aromatic heterocycles. The number of nitrogens with one attached hydrogen (secondary N) is 1. The van der Waals surface area contributed by atoms with Crippen LogP contribution in [0, 0.1) is 0 Å². The second kappa shape index (κ2) is 5.17. The van der Waals surface area contributed by atoms with Crippen molar-refractivity contribution < 1.29 is 9.53 Å². The maximum absolute atomic E-state index is 11.4. The Kier molecular flexibility index (Phi) is 3.36. The summed E-state index contributed by atoms with van der Waals surface area (Å²) in [7, 11) is 1.63. The highest BCUT2D eigenvalue weighted by atomic mass is 35.5. The topological polar surface area (TPSA) is 38.3 Å². The van der Waals surface area contributed by atoms with Gasteiger partial charge in [-0.2, -0.15) is 0 Å². The van der Waals surface area contributed by atoms with Crippen molar-refractivity contribution in [1.29, 1.82) is 0 Å². The molecule has 0 saturated heterocycles. The number of amides is 1. The number of carbonyl (C=O) groups is 1. The van der Waals surface area contributed by atoms with Crippen molar-refractivity contribution in [3.8, 4) is 5.75 Å². The number of rotatable bonds is 3. The molecule has 1 aliphatic heterocycles. The number of hydrogen-bond acceptors (Lipinski definition) is 2. The fourth-order valence-electron chi connectivity index (χ4n) is 2.46. The molecule has 2 aromatic rings. The summed E-state index contributed by atoms with van der Waals surface area (Å²) >= 11 is 6.57. The Labute approximate surface area is 122 Å². The summed E-state index contributed by atoms with van der Waals surface area (Å²) in [6.07, 6.45) is 0.415. The van der Waals surface area contributed by atoms with Crippen molar-refractivity contribution in [2.24, 2.45) is 0 Å². The molecule has 1 unspecified atom stereocenters. The summed E-state index contributed by atoms with van der Waals surface area (Å²) in [6, 6.07) is 13.5. The van der Waals surface area contributed by atoms with Gasteiger partial charge in [0.2, 0.25) is 5.91 Å². The smallest absolute Gasteiger partial charge is 0.228 e. The molecular weight excluding hydrogens is 274 g/mol. The summed E-state index contributed by atoms with van der Waals surface area (Å²) in [5.41, 5.74) is 3.76. The van der Waals surface area contributed by atoms with E-state index >= 15 is 0 Å². The van der Waals surface area contributed by atoms with Gasteiger partial charge < -0.3 is 10.1 Å². The third-order valence-electron chi connectivity index (χ3n) is 3.46. The van der Waals surface area contributed by atoms with Gasteiger partial charge in [0.25, 0.3) is 0 Å². The van der Waals surface area contributed by atoms with Gasteiger partial charge in [0.1, 0.15) is 5.75 Å². The van der Waals surface area contributed by atoms with E-state index in [4.69, 9.17) is 16.3 Å². The fourth-order valence-corrected chi connectivity index (χ4v) is 2.78. The average Bonchev–Trinajstić information content (AvgIpc) is 2.85. The number of para-hydroxylation sites is 1. The average molecular weight is 288 g/mol. The standard InChI is InChI=1S/C16H14ClNO2/c1-20-14-5-3-2-4-12(14)16(17)10-6-7-13-11(8-10)9-15(19)18-13/h2-8,16H,9H2,1H3,(H,18,19). The first-order chi connectivity index (χ1) is 9.69. The number of ether oxygens (including phenoxy) is 1. The van der Waals surface area contributed by atoms with E-state index in [0.717, 1.165) is 28.1 Å². The Morgan fingerprint density at radius 3 is 2.85 bits per heavy atom. The molecule has 1 amide bonds. The number of fused-ring (bicyclic) bond motifs is 1. The van der Waals surface area contributed by atoms with E-state index in [-0.39, 0.29) is 11.3 Å². The zero-order valence-corrected chi connectivity index (χ0v) is 11.8. The number of anilines is 1. The van der Waals surface area contributed by atoms with E-state index in [1.54, 1.807) is 7.11 Å². The van der Waals surface area contributed by atoms with E-state index in [2.05, 4.69) is 5.32 Å². The van der Waals surface area contributed by atoms with Gasteiger partial charge in [-0.1, -0.05) is 30.3 Å². The molecule has 3 nitrogen and oxygen atoms in total. The highest BCUT2D eigenvalue weighted by Gasteiger charge is 2.21. The van der Waals surface area contributed by atoms with Crippen LogP contribution in [-0.2, 0) is 11.2 Å². The lowest BCUT2D eigenvalue weighted by Gasteiger charge is -2.15. The summed E-state index contributed by atoms with van der Waals surface area (Å²) < 4.78 is 5.35. The molecule has 0 aliphatic carbocycles. The third kappa shape index (κ3) is 2.25. The Morgan fingerprint density at radius 2 is 2.05 bits per heavy atom. The molecule has 3 rings (SSSR count). The van der Waals surface area contributed by atoms with Crippen molar-refractivity contribution in [2.75, 3.05) is 12.4 Å². The van der Waals surface area contributed by atoms with Crippen molar-refractivity contribution in [3.63, 3.8) is 0 Å². The Balaban J connectivity index is 1.97. The predicted molar refractivity (Wildman–Crippen MR) is 79.5 cm³/mol. The van der Waals surface area contributed by atoms with Crippen LogP contribution in [0.1, 0.15) is 22.1 Å². The van der Waals surface area contributed by atoms with Crippen molar-refractivity contribution in [2.45, 2.75) is 11.8 Å². The molecule has 102 valence electrons. The molecule has 20 heavy (non-hydrogen) atoms. The number of hydrogen-bond donors (Lipinski definition) is 1. The molecule has 0 bridgehead atoms. The van der Waals surface area contributed by atoms with E-state index in [1.807, 2.05) is 42.5 Å². The quantitative estimate of drug-likeness (QED) is 0.877. The lowest BCUT2D eigenvalue weighted by atomic mass is 10.0. The minimum Gasteiger partial charge on any atom is -0.496 e. The van der Waals surface area contributed by atoms with Crippen LogP contribution in [0.2, 0.25) is 0 Å². The van der Waals surface area contributed by atoms with E-state index in [9.17, 15) is 4.79 Å². The summed E-state index contributed by atoms with van der Waals surface area (Å²) in [6.45, 7) is 0. The Morgan fingerprint density at radius 1 is 1.25 bits per heavy atom. The van der Waals surface area contributed by atoms with E-state index in [1.165, 1.54) is 0 Å². The molecule has 0 fully saturated rings. The number of halogens is 1. The summed E-state index contributed by atoms with van der Waals surface area (Å²) in [5.74, 6) is 0.794. The van der Waals surface area contributed by atoms with Crippen LogP contribution in [0.15, 0.2) is 42.5 Å². The van der Waals surface area contributed by atoms with Gasteiger partial charge in [-0.25, -0.2) is 0 Å². The summed E-state index contributed by atoms with van der Waals surface area (Å²) in [4.78, 5) is 11.4. The summed E-state index contributed by atoms with van der Waals surface area (Å²) in [5, 5.41) is 2.52. The molecule has 1 heterocycles. The highest BCUT2D eigenvalue weighted by molar-refractivity contribution is 6.22. The zero-order valence-electron chi connectivity index (χ0n) is 11.0. The fraction of sp³-hybridized carbons (Fsp3) is 0.188. The molecule has 1 N–H and O–H groups in total. The second-order valence-electron chi connectivity index (χ2n) is 4.75. The van der Waals surface area contributed by atoms with Crippen molar-refractivity contribution in [3.05, 3.63) is 59.2 Å². The Bertz CT molecular complexity index is 669. The SMILES string of the molecule is COc1ccccc1C(Cl)c1ccc2c(c1)CC(=O)N2. The third-order valence-corrected chi connectivity index (χ3v) is 3.95. The van der Waals surface area contributed by atoms with Gasteiger partial charge in [0.15, 0.2) is 0 Å². The lowest BCUT2D eigenvalue weighted by Crippen LogP contribution is -2.03. The predicted octanol–water partition coefficient (Wildman–Crippen LogP) is 3.52. The van der Waals surface area contributed by atoms with Crippen LogP contribution < -0.4 is 10.1 Å². The first-order valence-corrected chi connectivity index (χ1v) is 6.82. The van der Waals surface area contributed by atoms with Crippen LogP contribution in [0.25, 0.3) is 0 Å². The molecule has 0 spiro atoms. The van der Waals surface area contributed by atoms with Crippen LogP contribution in [0.4, 0.5) is 5.69 Å². The zero-order chi connectivity index (χ0) is 14.1. The molecular formula is C16H14ClNO2. The van der Waals surface area contributed by atoms with Crippen LogP contribution in [0.5, 0.6) is 5.75 Å². The molecule has 1 atom stereocenters. The molecule has 0 saturated carbocycles. The molecule has 1 aliphatic rings. The van der Waals surface area contributed by atoms with Crippen molar-refractivity contribution >= 4 is 23.2 Å². The first-order valence-electron chi connectivity index (χ1n) is 6.38. The highest BCUT2D eigenvalue weighted by Crippen LogP contribution is 2.37. The maximum Gasteiger partial charge on any atom is 0.228 e. The van der Waals surface area contributed by atoms with Gasteiger partial charge in [-0.15, -0.1) is 11.6 Å². The van der Waals surface area contributed by atoms with Crippen LogP contribution in [0.3, 0.4) is 0 Å². The normalized spacial score (nSPS) is 14.6. The van der Waals surface area contributed by atoms with Crippen molar-refractivity contribution in [1.82, 2.24) is 0 Å². The number of carbonyl (C=O) groups excluding carboxylic acids is 1. The number of methoxy groups -OCH3 is 1. The van der Waals surface area contributed by atoms with Gasteiger partial charge in [0.05, 0.1) is 18.9 Å². The largest absolute Gasteiger partial charge is 0.496 e. The minimum atomic E-state index is -0.299. The number of benzene rings is 2. The van der Waals surface area contributed by atoms with Gasteiger partial charge in [-0.05, 0) is 23.3 Å². The lowest BCUT2D eigenvalue weighted by molar-refractivity contribution is -0.115. The maximum atomic E-state index is 11.4. The minimum absolute atomic E-state index is 0.0283. The van der Waals surface area contributed by atoms with Crippen LogP contribution >= 0.6 is 11.6 Å². The monoisotopic (exact) mass is 287 g/mol. The van der Waals surface area contributed by atoms with Gasteiger partial charge in [-0.3, -0.25) is 4.79 Å². The number of alkyl halides is 1. The molecule has 0 radical (unpaired) electrons. The van der Waals surface area contributed by atoms with Gasteiger partial charge in [0, 0.05) is 11.3 Å². The van der Waals surface area contributed by atoms with Gasteiger partial charge >= 0.3 is 0 Å². The van der Waals surface area contributed by atoms with E-state index in [0.29, 0.717) is 6.42 Å². The second-order valence-corrected chi connectivity index (χ2v) is 5.18. The van der Waals surface area contributed by atoms with Crippen LogP contribution in [-0.4, -0.2) is 13.0 Å². The molecule has 4 heteroatoms. The first kappa shape index (κ1) is 13.0. The molecule has 2 aromatic carbocycles. The Hall–Kier alpha value is -2.00.